The Morgan fingerprint density at radius 2 is 2.09 bits per heavy atom. The van der Waals surface area contributed by atoms with Crippen LogP contribution in [-0.4, -0.2) is 64.4 Å². The fraction of sp³-hybridized carbons (Fsp3) is 0.591. The third-order valence-corrected chi connectivity index (χ3v) is 5.75. The molecule has 10 heteroatoms. The molecule has 1 aromatic rings. The zero-order valence-electron chi connectivity index (χ0n) is 17.6. The van der Waals surface area contributed by atoms with Crippen molar-refractivity contribution in [3.05, 3.63) is 41.7 Å². The Bertz CT molecular complexity index is 831. The van der Waals surface area contributed by atoms with Crippen molar-refractivity contribution in [2.24, 2.45) is 0 Å². The Morgan fingerprint density at radius 1 is 1.31 bits per heavy atom. The maximum absolute atomic E-state index is 12.7. The van der Waals surface area contributed by atoms with Gasteiger partial charge in [0.2, 0.25) is 5.91 Å². The number of likely N-dealkylation sites (tertiary alicyclic amines) is 1. The third kappa shape index (κ3) is 6.52. The summed E-state index contributed by atoms with van der Waals surface area (Å²) in [6, 6.07) is 5.85. The average Bonchev–Trinajstić information content (AvgIpc) is 3.43. The molecule has 32 heavy (non-hydrogen) atoms. The molecule has 0 aromatic carbocycles. The van der Waals surface area contributed by atoms with E-state index in [1.165, 1.54) is 0 Å². The highest BCUT2D eigenvalue weighted by atomic mass is 19.4. The topological polar surface area (TPSA) is 89.0 Å². The van der Waals surface area contributed by atoms with Crippen LogP contribution in [0.2, 0.25) is 0 Å². The smallest absolute Gasteiger partial charge is 0.475 e. The summed E-state index contributed by atoms with van der Waals surface area (Å²) < 4.78 is 43.9. The van der Waals surface area contributed by atoms with E-state index in [2.05, 4.69) is 11.1 Å². The molecule has 3 heterocycles. The Labute approximate surface area is 184 Å². The number of hydrogen-bond donors (Lipinski definition) is 1. The van der Waals surface area contributed by atoms with Gasteiger partial charge in [-0.05, 0) is 44.2 Å². The molecule has 4 rings (SSSR count). The minimum atomic E-state index is -5.08. The quantitative estimate of drug-likeness (QED) is 0.746. The molecule has 0 bridgehead atoms. The number of ether oxygens (including phenoxy) is 2. The lowest BCUT2D eigenvalue weighted by Crippen LogP contribution is -2.50. The highest BCUT2D eigenvalue weighted by molar-refractivity contribution is 5.93. The molecule has 1 aromatic heterocycles. The number of rotatable bonds is 4. The van der Waals surface area contributed by atoms with E-state index in [1.807, 2.05) is 23.1 Å². The van der Waals surface area contributed by atoms with Crippen LogP contribution in [0.25, 0.3) is 0 Å². The molecule has 1 spiro atoms. The molecular weight excluding hydrogens is 429 g/mol. The summed E-state index contributed by atoms with van der Waals surface area (Å²) in [5.74, 6) is -2.54. The second-order valence-electron chi connectivity index (χ2n) is 8.21. The molecule has 3 aliphatic rings. The Kier molecular flexibility index (Phi) is 7.89. The Balaban J connectivity index is 0.000000360. The Morgan fingerprint density at radius 3 is 2.72 bits per heavy atom. The number of carboxylic acids is 1. The molecule has 1 N–H and O–H groups in total. The minimum absolute atomic E-state index is 0.0859. The van der Waals surface area contributed by atoms with Crippen LogP contribution in [0.3, 0.4) is 0 Å². The molecule has 0 saturated carbocycles. The fourth-order valence-electron chi connectivity index (χ4n) is 4.22. The first-order valence-corrected chi connectivity index (χ1v) is 10.6. The lowest BCUT2D eigenvalue weighted by atomic mass is 9.89. The zero-order valence-corrected chi connectivity index (χ0v) is 17.6. The number of hydrogen-bond acceptors (Lipinski definition) is 5. The van der Waals surface area contributed by atoms with Crippen LogP contribution in [0.1, 0.15) is 44.2 Å². The number of piperidine rings is 1. The van der Waals surface area contributed by atoms with Crippen LogP contribution < -0.4 is 0 Å². The largest absolute Gasteiger partial charge is 0.490 e. The van der Waals surface area contributed by atoms with Crippen molar-refractivity contribution in [1.29, 1.82) is 0 Å². The number of aromatic nitrogens is 1. The molecule has 7 nitrogen and oxygen atoms in total. The monoisotopic (exact) mass is 456 g/mol. The van der Waals surface area contributed by atoms with Gasteiger partial charge in [0.05, 0.1) is 37.2 Å². The normalized spacial score (nSPS) is 25.3. The van der Waals surface area contributed by atoms with Crippen molar-refractivity contribution in [1.82, 2.24) is 9.88 Å². The van der Waals surface area contributed by atoms with E-state index >= 15 is 0 Å². The first kappa shape index (κ1) is 24.2. The van der Waals surface area contributed by atoms with Gasteiger partial charge >= 0.3 is 12.1 Å². The first-order valence-electron chi connectivity index (χ1n) is 10.6. The summed E-state index contributed by atoms with van der Waals surface area (Å²) in [4.78, 5) is 27.9. The second-order valence-corrected chi connectivity index (χ2v) is 8.21. The summed E-state index contributed by atoms with van der Waals surface area (Å²) in [7, 11) is 0. The standard InChI is InChI=1S/C20H26N2O3.C2HF3O2/c23-19(16-6-1-2-7-16)22-11-5-9-20(15-22)12-18(14-25-20)24-13-17-8-3-4-10-21-17;3-2(4,5)1(6)7/h3-4,6,8,10,18H,1-2,5,7,9,11-15H2;(H,6,7)/t18-,20+;/m1./s1. The molecule has 2 saturated heterocycles. The van der Waals surface area contributed by atoms with Gasteiger partial charge in [0.25, 0.3) is 0 Å². The second kappa shape index (κ2) is 10.4. The number of aliphatic carboxylic acids is 1. The molecule has 2 fully saturated rings. The SMILES string of the molecule is O=C(C1=CCCC1)N1CCC[C@]2(C[C@@H](OCc3ccccn3)CO2)C1.O=C(O)C(F)(F)F. The van der Waals surface area contributed by atoms with Crippen LogP contribution in [0, 0.1) is 0 Å². The highest BCUT2D eigenvalue weighted by Gasteiger charge is 2.45. The van der Waals surface area contributed by atoms with E-state index < -0.39 is 12.1 Å². The van der Waals surface area contributed by atoms with Gasteiger partial charge in [0.1, 0.15) is 0 Å². The summed E-state index contributed by atoms with van der Waals surface area (Å²) in [6.07, 6.45) is 4.86. The number of carbonyl (C=O) groups excluding carboxylic acids is 1. The molecular formula is C22H27F3N2O5. The van der Waals surface area contributed by atoms with Crippen LogP contribution in [0.15, 0.2) is 36.0 Å². The maximum Gasteiger partial charge on any atom is 0.490 e. The van der Waals surface area contributed by atoms with Gasteiger partial charge < -0.3 is 19.5 Å². The predicted octanol–water partition coefficient (Wildman–Crippen LogP) is 3.49. The number of carboxylic acid groups (broad SMARTS) is 1. The number of alkyl halides is 3. The van der Waals surface area contributed by atoms with E-state index in [9.17, 15) is 18.0 Å². The van der Waals surface area contributed by atoms with Crippen molar-refractivity contribution >= 4 is 11.9 Å². The van der Waals surface area contributed by atoms with Crippen molar-refractivity contribution in [2.45, 2.75) is 63.0 Å². The fourth-order valence-corrected chi connectivity index (χ4v) is 4.22. The first-order chi connectivity index (χ1) is 15.2. The molecule has 0 unspecified atom stereocenters. The molecule has 176 valence electrons. The molecule has 1 amide bonds. The van der Waals surface area contributed by atoms with E-state index in [0.717, 1.165) is 56.3 Å². The predicted molar refractivity (Wildman–Crippen MR) is 108 cm³/mol. The molecule has 0 radical (unpaired) electrons. The van der Waals surface area contributed by atoms with Gasteiger partial charge in [-0.1, -0.05) is 12.1 Å². The van der Waals surface area contributed by atoms with E-state index in [0.29, 0.717) is 19.8 Å². The average molecular weight is 456 g/mol. The third-order valence-electron chi connectivity index (χ3n) is 5.75. The number of carbonyl (C=O) groups is 2. The molecule has 2 atom stereocenters. The zero-order chi connectivity index (χ0) is 23.2. The van der Waals surface area contributed by atoms with Gasteiger partial charge in [-0.15, -0.1) is 0 Å². The Hall–Kier alpha value is -2.46. The van der Waals surface area contributed by atoms with Gasteiger partial charge in [0, 0.05) is 24.7 Å². The lowest BCUT2D eigenvalue weighted by Gasteiger charge is -2.39. The van der Waals surface area contributed by atoms with Gasteiger partial charge in [-0.2, -0.15) is 13.2 Å². The highest BCUT2D eigenvalue weighted by Crippen LogP contribution is 2.37. The number of halogens is 3. The van der Waals surface area contributed by atoms with Crippen LogP contribution in [0.4, 0.5) is 13.2 Å². The number of pyridine rings is 1. The van der Waals surface area contributed by atoms with E-state index in [-0.39, 0.29) is 17.6 Å². The number of amides is 1. The summed E-state index contributed by atoms with van der Waals surface area (Å²) in [5, 5.41) is 7.12. The van der Waals surface area contributed by atoms with Gasteiger partial charge in [0.15, 0.2) is 0 Å². The number of nitrogens with zero attached hydrogens (tertiary/aromatic N) is 2. The lowest BCUT2D eigenvalue weighted by molar-refractivity contribution is -0.192. The summed E-state index contributed by atoms with van der Waals surface area (Å²) in [5.41, 5.74) is 1.72. The molecule has 2 aliphatic heterocycles. The number of allylic oxidation sites excluding steroid dienone is 1. The van der Waals surface area contributed by atoms with Crippen LogP contribution in [-0.2, 0) is 25.7 Å². The van der Waals surface area contributed by atoms with Crippen LogP contribution in [0.5, 0.6) is 0 Å². The van der Waals surface area contributed by atoms with Crippen molar-refractivity contribution in [3.8, 4) is 0 Å². The minimum Gasteiger partial charge on any atom is -0.475 e. The summed E-state index contributed by atoms with van der Waals surface area (Å²) in [6.45, 7) is 2.67. The van der Waals surface area contributed by atoms with Crippen molar-refractivity contribution in [2.75, 3.05) is 19.7 Å². The van der Waals surface area contributed by atoms with Gasteiger partial charge in [-0.3, -0.25) is 9.78 Å². The van der Waals surface area contributed by atoms with Crippen molar-refractivity contribution in [3.63, 3.8) is 0 Å². The van der Waals surface area contributed by atoms with Crippen LogP contribution >= 0.6 is 0 Å². The maximum atomic E-state index is 12.7. The summed E-state index contributed by atoms with van der Waals surface area (Å²) >= 11 is 0. The van der Waals surface area contributed by atoms with Gasteiger partial charge in [-0.25, -0.2) is 4.79 Å². The van der Waals surface area contributed by atoms with E-state index in [4.69, 9.17) is 19.4 Å². The van der Waals surface area contributed by atoms with E-state index in [1.54, 1.807) is 6.20 Å². The molecule has 1 aliphatic carbocycles. The van der Waals surface area contributed by atoms with Crippen molar-refractivity contribution < 1.29 is 37.3 Å².